The summed E-state index contributed by atoms with van der Waals surface area (Å²) in [6.07, 6.45) is 0. The number of carbonyl (C=O) groups excluding carboxylic acids is 1. The number of benzene rings is 1. The van der Waals surface area contributed by atoms with Gasteiger partial charge in [0, 0.05) is 5.56 Å². The molecule has 1 aromatic heterocycles. The zero-order valence-electron chi connectivity index (χ0n) is 11.6. The van der Waals surface area contributed by atoms with Crippen molar-refractivity contribution in [3.8, 4) is 0 Å². The van der Waals surface area contributed by atoms with Gasteiger partial charge in [0.05, 0.1) is 15.9 Å². The minimum atomic E-state index is 0.0966. The molecule has 0 spiro atoms. The Bertz CT molecular complexity index is 644. The molecule has 0 radical (unpaired) electrons. The monoisotopic (exact) mass is 320 g/mol. The fraction of sp³-hybridized carbons (Fsp3) is 0.333. The zero-order chi connectivity index (χ0) is 14.2. The van der Waals surface area contributed by atoms with E-state index in [0.29, 0.717) is 0 Å². The highest BCUT2D eigenvalue weighted by Crippen LogP contribution is 2.20. The lowest BCUT2D eigenvalue weighted by Crippen LogP contribution is -2.14. The number of hydrogen-bond donors (Lipinski definition) is 0. The Morgan fingerprint density at radius 2 is 1.95 bits per heavy atom. The second-order valence-electron chi connectivity index (χ2n) is 4.88. The third-order valence-corrected chi connectivity index (χ3v) is 4.43. The number of Topliss-reactive ketones (excluding diaryl/α,β-unsaturated/α-hetero) is 1. The summed E-state index contributed by atoms with van der Waals surface area (Å²) in [6.45, 7) is 8.12. The molecule has 1 aromatic carbocycles. The van der Waals surface area contributed by atoms with Crippen molar-refractivity contribution in [2.75, 3.05) is 0 Å². The van der Waals surface area contributed by atoms with Crippen molar-refractivity contribution < 1.29 is 4.79 Å². The van der Waals surface area contributed by atoms with Crippen LogP contribution in [0, 0.1) is 27.7 Å². The van der Waals surface area contributed by atoms with Gasteiger partial charge in [-0.1, -0.05) is 17.7 Å². The SMILES string of the molecule is Cc1ccc(C)c(C(=O)Cn2nc(C)c(Br)c2C)c1. The molecule has 0 saturated carbocycles. The minimum absolute atomic E-state index is 0.0966. The number of hydrogen-bond acceptors (Lipinski definition) is 2. The fourth-order valence-electron chi connectivity index (χ4n) is 2.09. The highest BCUT2D eigenvalue weighted by Gasteiger charge is 2.14. The highest BCUT2D eigenvalue weighted by molar-refractivity contribution is 9.10. The van der Waals surface area contributed by atoms with Gasteiger partial charge in [0.15, 0.2) is 5.78 Å². The number of aryl methyl sites for hydroxylation is 3. The number of rotatable bonds is 3. The maximum absolute atomic E-state index is 12.4. The molecule has 1 heterocycles. The van der Waals surface area contributed by atoms with Crippen molar-refractivity contribution in [3.63, 3.8) is 0 Å². The molecule has 0 aliphatic heterocycles. The molecular formula is C15H17BrN2O. The Kier molecular flexibility index (Phi) is 3.90. The molecule has 19 heavy (non-hydrogen) atoms. The summed E-state index contributed by atoms with van der Waals surface area (Å²) in [4.78, 5) is 12.4. The van der Waals surface area contributed by atoms with Crippen molar-refractivity contribution in [2.45, 2.75) is 34.2 Å². The van der Waals surface area contributed by atoms with Crippen LogP contribution >= 0.6 is 15.9 Å². The van der Waals surface area contributed by atoms with E-state index in [1.54, 1.807) is 4.68 Å². The molecule has 3 nitrogen and oxygen atoms in total. The maximum atomic E-state index is 12.4. The molecule has 0 saturated heterocycles. The van der Waals surface area contributed by atoms with E-state index in [9.17, 15) is 4.79 Å². The lowest BCUT2D eigenvalue weighted by Gasteiger charge is -2.07. The van der Waals surface area contributed by atoms with E-state index in [1.807, 2.05) is 45.9 Å². The summed E-state index contributed by atoms with van der Waals surface area (Å²) in [7, 11) is 0. The van der Waals surface area contributed by atoms with Gasteiger partial charge in [0.25, 0.3) is 0 Å². The van der Waals surface area contributed by atoms with Crippen LogP contribution in [0.3, 0.4) is 0 Å². The number of carbonyl (C=O) groups is 1. The van der Waals surface area contributed by atoms with Crippen molar-refractivity contribution >= 4 is 21.7 Å². The third-order valence-electron chi connectivity index (χ3n) is 3.28. The Morgan fingerprint density at radius 3 is 2.53 bits per heavy atom. The van der Waals surface area contributed by atoms with E-state index in [1.165, 1.54) is 0 Å². The molecule has 0 N–H and O–H groups in total. The van der Waals surface area contributed by atoms with Crippen LogP contribution in [-0.4, -0.2) is 15.6 Å². The van der Waals surface area contributed by atoms with Crippen molar-refractivity contribution in [1.82, 2.24) is 9.78 Å². The second-order valence-corrected chi connectivity index (χ2v) is 5.68. The van der Waals surface area contributed by atoms with Crippen LogP contribution in [0.25, 0.3) is 0 Å². The molecule has 2 rings (SSSR count). The fourth-order valence-corrected chi connectivity index (χ4v) is 2.37. The molecule has 0 atom stereocenters. The molecule has 4 heteroatoms. The van der Waals surface area contributed by atoms with Gasteiger partial charge in [-0.15, -0.1) is 0 Å². The first-order valence-electron chi connectivity index (χ1n) is 6.20. The maximum Gasteiger partial charge on any atom is 0.184 e. The molecule has 100 valence electrons. The Balaban J connectivity index is 2.30. The van der Waals surface area contributed by atoms with Crippen LogP contribution in [0.4, 0.5) is 0 Å². The summed E-state index contributed by atoms with van der Waals surface area (Å²) >= 11 is 3.48. The number of ketones is 1. The van der Waals surface area contributed by atoms with E-state index in [2.05, 4.69) is 21.0 Å². The lowest BCUT2D eigenvalue weighted by atomic mass is 10.0. The molecule has 0 amide bonds. The van der Waals surface area contributed by atoms with Gasteiger partial charge in [-0.25, -0.2) is 0 Å². The summed E-state index contributed by atoms with van der Waals surface area (Å²) in [6, 6.07) is 5.95. The van der Waals surface area contributed by atoms with Crippen LogP contribution in [0.2, 0.25) is 0 Å². The highest BCUT2D eigenvalue weighted by atomic mass is 79.9. The van der Waals surface area contributed by atoms with E-state index >= 15 is 0 Å². The van der Waals surface area contributed by atoms with Gasteiger partial charge in [0.2, 0.25) is 0 Å². The van der Waals surface area contributed by atoms with Gasteiger partial charge in [-0.3, -0.25) is 9.48 Å². The quantitative estimate of drug-likeness (QED) is 0.807. The number of aromatic nitrogens is 2. The van der Waals surface area contributed by atoms with Crippen molar-refractivity contribution in [1.29, 1.82) is 0 Å². The smallest absolute Gasteiger partial charge is 0.184 e. The van der Waals surface area contributed by atoms with Crippen LogP contribution < -0.4 is 0 Å². The largest absolute Gasteiger partial charge is 0.292 e. The van der Waals surface area contributed by atoms with Crippen LogP contribution in [-0.2, 0) is 6.54 Å². The minimum Gasteiger partial charge on any atom is -0.292 e. The van der Waals surface area contributed by atoms with Crippen LogP contribution in [0.15, 0.2) is 22.7 Å². The van der Waals surface area contributed by atoms with Gasteiger partial charge in [0.1, 0.15) is 6.54 Å². The molecule has 0 unspecified atom stereocenters. The summed E-state index contributed by atoms with van der Waals surface area (Å²) in [5.41, 5.74) is 4.78. The van der Waals surface area contributed by atoms with Crippen LogP contribution in [0.1, 0.15) is 32.9 Å². The van der Waals surface area contributed by atoms with Gasteiger partial charge in [-0.2, -0.15) is 5.10 Å². The lowest BCUT2D eigenvalue weighted by molar-refractivity contribution is 0.0966. The van der Waals surface area contributed by atoms with Gasteiger partial charge in [-0.05, 0) is 55.3 Å². The van der Waals surface area contributed by atoms with Gasteiger partial charge >= 0.3 is 0 Å². The molecule has 0 fully saturated rings. The summed E-state index contributed by atoms with van der Waals surface area (Å²) < 4.78 is 2.73. The Morgan fingerprint density at radius 1 is 1.26 bits per heavy atom. The molecule has 0 aliphatic carbocycles. The predicted molar refractivity (Wildman–Crippen MR) is 79.6 cm³/mol. The standard InChI is InChI=1S/C15H17BrN2O/c1-9-5-6-10(2)13(7-9)14(19)8-18-12(4)15(16)11(3)17-18/h5-7H,8H2,1-4H3. The van der Waals surface area contributed by atoms with Crippen molar-refractivity contribution in [2.24, 2.45) is 0 Å². The van der Waals surface area contributed by atoms with E-state index in [-0.39, 0.29) is 12.3 Å². The number of halogens is 1. The first-order chi connectivity index (χ1) is 8.90. The van der Waals surface area contributed by atoms with E-state index in [4.69, 9.17) is 0 Å². The summed E-state index contributed by atoms with van der Waals surface area (Å²) in [5, 5.41) is 4.38. The van der Waals surface area contributed by atoms with Crippen molar-refractivity contribution in [3.05, 3.63) is 50.8 Å². The zero-order valence-corrected chi connectivity index (χ0v) is 13.2. The average molecular weight is 321 g/mol. The molecule has 0 bridgehead atoms. The second kappa shape index (κ2) is 5.29. The molecule has 2 aromatic rings. The Hall–Kier alpha value is -1.42. The first kappa shape index (κ1) is 14.0. The normalized spacial score (nSPS) is 10.8. The Labute approximate surface area is 121 Å². The summed E-state index contributed by atoms with van der Waals surface area (Å²) in [5.74, 6) is 0.0966. The third kappa shape index (κ3) is 2.78. The molecular weight excluding hydrogens is 304 g/mol. The van der Waals surface area contributed by atoms with Crippen LogP contribution in [0.5, 0.6) is 0 Å². The van der Waals surface area contributed by atoms with E-state index in [0.717, 1.165) is 32.6 Å². The predicted octanol–water partition coefficient (Wildman–Crippen LogP) is 3.76. The van der Waals surface area contributed by atoms with E-state index < -0.39 is 0 Å². The average Bonchev–Trinajstić information content (AvgIpc) is 2.60. The topological polar surface area (TPSA) is 34.9 Å². The molecule has 0 aliphatic rings. The number of nitrogens with zero attached hydrogens (tertiary/aromatic N) is 2. The first-order valence-corrected chi connectivity index (χ1v) is 6.99. The van der Waals surface area contributed by atoms with Gasteiger partial charge < -0.3 is 0 Å².